The van der Waals surface area contributed by atoms with Gasteiger partial charge in [-0.25, -0.2) is 0 Å². The van der Waals surface area contributed by atoms with Crippen molar-refractivity contribution in [2.45, 2.75) is 37.8 Å². The van der Waals surface area contributed by atoms with Gasteiger partial charge in [-0.2, -0.15) is 4.68 Å². The van der Waals surface area contributed by atoms with Crippen molar-refractivity contribution in [1.82, 2.24) is 10.1 Å². The Bertz CT molecular complexity index is 894. The van der Waals surface area contributed by atoms with Crippen LogP contribution in [0.2, 0.25) is 5.02 Å². The molecule has 23 heavy (non-hydrogen) atoms. The zero-order valence-corrected chi connectivity index (χ0v) is 14.1. The van der Waals surface area contributed by atoms with E-state index in [-0.39, 0.29) is 11.2 Å². The maximum atomic E-state index is 12.7. The molecule has 1 saturated carbocycles. The summed E-state index contributed by atoms with van der Waals surface area (Å²) in [4.78, 5) is 13.3. The molecule has 7 heteroatoms. The van der Waals surface area contributed by atoms with E-state index in [0.29, 0.717) is 14.4 Å². The van der Waals surface area contributed by atoms with E-state index < -0.39 is 0 Å². The summed E-state index contributed by atoms with van der Waals surface area (Å²) in [6.45, 7) is 0. The molecule has 4 rings (SSSR count). The number of nitrogens with one attached hydrogen (secondary N) is 2. The van der Waals surface area contributed by atoms with Crippen molar-refractivity contribution in [2.75, 3.05) is 5.43 Å². The first-order valence-electron chi connectivity index (χ1n) is 7.78. The number of aromatic nitrogens is 1. The largest absolute Gasteiger partial charge is 0.294 e. The van der Waals surface area contributed by atoms with Crippen LogP contribution in [0.1, 0.15) is 37.7 Å². The molecule has 1 fully saturated rings. The summed E-state index contributed by atoms with van der Waals surface area (Å²) in [5.74, 6) is 0. The van der Waals surface area contributed by atoms with Gasteiger partial charge in [0.05, 0.1) is 4.53 Å². The fourth-order valence-electron chi connectivity index (χ4n) is 3.13. The van der Waals surface area contributed by atoms with Crippen molar-refractivity contribution in [3.05, 3.63) is 54.5 Å². The SMILES string of the molecule is O=c1/c(=C/c2ccc(Cl)cc2)sc2n1NC1(CCCCC1)NN=2. The highest BCUT2D eigenvalue weighted by atomic mass is 35.5. The Hall–Kier alpha value is -1.79. The molecule has 1 aliphatic heterocycles. The predicted molar refractivity (Wildman–Crippen MR) is 92.7 cm³/mol. The van der Waals surface area contributed by atoms with E-state index in [4.69, 9.17) is 11.6 Å². The van der Waals surface area contributed by atoms with Crippen molar-refractivity contribution in [2.24, 2.45) is 5.10 Å². The van der Waals surface area contributed by atoms with E-state index >= 15 is 0 Å². The van der Waals surface area contributed by atoms with Crippen LogP contribution < -0.4 is 25.7 Å². The lowest BCUT2D eigenvalue weighted by Gasteiger charge is -2.39. The van der Waals surface area contributed by atoms with Crippen molar-refractivity contribution in [1.29, 1.82) is 0 Å². The second kappa shape index (κ2) is 5.69. The molecule has 0 atom stereocenters. The minimum absolute atomic E-state index is 0.0462. The number of rotatable bonds is 1. The van der Waals surface area contributed by atoms with Crippen LogP contribution in [0, 0.1) is 0 Å². The van der Waals surface area contributed by atoms with Gasteiger partial charge in [0.15, 0.2) is 0 Å². The molecule has 0 amide bonds. The molecule has 2 aromatic rings. The zero-order chi connectivity index (χ0) is 15.9. The summed E-state index contributed by atoms with van der Waals surface area (Å²) < 4.78 is 2.25. The normalized spacial score (nSPS) is 19.6. The van der Waals surface area contributed by atoms with Crippen LogP contribution in [0.5, 0.6) is 0 Å². The number of halogens is 1. The van der Waals surface area contributed by atoms with Gasteiger partial charge in [-0.15, -0.1) is 5.10 Å². The molecule has 2 heterocycles. The zero-order valence-electron chi connectivity index (χ0n) is 12.5. The number of hydrogen-bond acceptors (Lipinski definition) is 5. The highest BCUT2D eigenvalue weighted by Gasteiger charge is 2.34. The highest BCUT2D eigenvalue weighted by Crippen LogP contribution is 2.27. The van der Waals surface area contributed by atoms with Gasteiger partial charge < -0.3 is 0 Å². The molecule has 0 radical (unpaired) electrons. The standard InChI is InChI=1S/C16H17ClN4OS/c17-12-6-4-11(5-7-12)10-13-14(22)21-15(23-13)18-19-16(20-21)8-2-1-3-9-16/h4-7,10,19-20H,1-3,8-9H2/b13-10-. The van der Waals surface area contributed by atoms with E-state index in [1.54, 1.807) is 4.68 Å². The second-order valence-electron chi connectivity index (χ2n) is 6.06. The Labute approximate surface area is 142 Å². The Morgan fingerprint density at radius 3 is 2.70 bits per heavy atom. The molecule has 1 spiro atoms. The van der Waals surface area contributed by atoms with Crippen LogP contribution in [0.3, 0.4) is 0 Å². The molecule has 5 nitrogen and oxygen atoms in total. The first-order valence-corrected chi connectivity index (χ1v) is 8.97. The number of nitrogens with zero attached hydrogens (tertiary/aromatic N) is 2. The van der Waals surface area contributed by atoms with E-state index in [0.717, 1.165) is 31.2 Å². The number of thiazole rings is 1. The lowest BCUT2D eigenvalue weighted by Crippen LogP contribution is -2.61. The van der Waals surface area contributed by atoms with Crippen LogP contribution >= 0.6 is 22.9 Å². The maximum Gasteiger partial charge on any atom is 0.289 e. The van der Waals surface area contributed by atoms with E-state index in [1.807, 2.05) is 30.3 Å². The van der Waals surface area contributed by atoms with Gasteiger partial charge in [0.2, 0.25) is 4.80 Å². The average Bonchev–Trinajstić information content (AvgIpc) is 2.86. The van der Waals surface area contributed by atoms with E-state index in [9.17, 15) is 4.79 Å². The fourth-order valence-corrected chi connectivity index (χ4v) is 4.14. The topological polar surface area (TPSA) is 58.4 Å². The molecular weight excluding hydrogens is 332 g/mol. The molecule has 120 valence electrons. The summed E-state index contributed by atoms with van der Waals surface area (Å²) >= 11 is 7.28. The van der Waals surface area contributed by atoms with Gasteiger partial charge in [0, 0.05) is 5.02 Å². The van der Waals surface area contributed by atoms with Gasteiger partial charge in [-0.3, -0.25) is 15.6 Å². The van der Waals surface area contributed by atoms with Crippen LogP contribution in [0.15, 0.2) is 34.2 Å². The van der Waals surface area contributed by atoms with Crippen LogP contribution in [0.4, 0.5) is 0 Å². The van der Waals surface area contributed by atoms with Gasteiger partial charge in [0.25, 0.3) is 5.56 Å². The van der Waals surface area contributed by atoms with Gasteiger partial charge in [-0.1, -0.05) is 41.5 Å². The maximum absolute atomic E-state index is 12.7. The van der Waals surface area contributed by atoms with Crippen molar-refractivity contribution < 1.29 is 0 Å². The van der Waals surface area contributed by atoms with Gasteiger partial charge in [0.1, 0.15) is 5.66 Å². The molecule has 0 saturated heterocycles. The monoisotopic (exact) mass is 348 g/mol. The molecule has 2 aliphatic rings. The third-order valence-electron chi connectivity index (χ3n) is 4.37. The quantitative estimate of drug-likeness (QED) is 0.825. The summed E-state index contributed by atoms with van der Waals surface area (Å²) in [5, 5.41) is 5.12. The minimum atomic E-state index is -0.270. The van der Waals surface area contributed by atoms with Crippen molar-refractivity contribution in [3.8, 4) is 0 Å². The van der Waals surface area contributed by atoms with Gasteiger partial charge >= 0.3 is 0 Å². The van der Waals surface area contributed by atoms with E-state index in [2.05, 4.69) is 16.0 Å². The Kier molecular flexibility index (Phi) is 3.66. The number of benzene rings is 1. The molecule has 0 bridgehead atoms. The highest BCUT2D eigenvalue weighted by molar-refractivity contribution is 7.07. The Morgan fingerprint density at radius 1 is 1.22 bits per heavy atom. The molecule has 0 unspecified atom stereocenters. The smallest absolute Gasteiger partial charge is 0.289 e. The lowest BCUT2D eigenvalue weighted by atomic mass is 9.90. The average molecular weight is 349 g/mol. The molecule has 1 aromatic carbocycles. The Morgan fingerprint density at radius 2 is 1.96 bits per heavy atom. The molecular formula is C16H17ClN4OS. The van der Waals surface area contributed by atoms with Crippen LogP contribution in [-0.2, 0) is 0 Å². The summed E-state index contributed by atoms with van der Waals surface area (Å²) in [5.41, 5.74) is 7.23. The second-order valence-corrected chi connectivity index (χ2v) is 7.51. The first-order chi connectivity index (χ1) is 11.2. The summed E-state index contributed by atoms with van der Waals surface area (Å²) in [6, 6.07) is 7.44. The summed E-state index contributed by atoms with van der Waals surface area (Å²) in [6.07, 6.45) is 7.37. The Balaban J connectivity index is 1.74. The number of hydrogen-bond donors (Lipinski definition) is 2. The third kappa shape index (κ3) is 2.77. The van der Waals surface area contributed by atoms with Crippen LogP contribution in [-0.4, -0.2) is 10.3 Å². The first kappa shape index (κ1) is 14.8. The number of fused-ring (bicyclic) bond motifs is 1. The van der Waals surface area contributed by atoms with Crippen LogP contribution in [0.25, 0.3) is 6.08 Å². The lowest BCUT2D eigenvalue weighted by molar-refractivity contribution is 0.229. The molecule has 1 aliphatic carbocycles. The van der Waals surface area contributed by atoms with Crippen molar-refractivity contribution >= 4 is 29.0 Å². The van der Waals surface area contributed by atoms with E-state index in [1.165, 1.54) is 17.8 Å². The predicted octanol–water partition coefficient (Wildman–Crippen LogP) is 1.73. The molecule has 1 aromatic heterocycles. The molecule has 2 N–H and O–H groups in total. The van der Waals surface area contributed by atoms with Gasteiger partial charge in [-0.05, 0) is 49.5 Å². The summed E-state index contributed by atoms with van der Waals surface area (Å²) in [7, 11) is 0. The third-order valence-corrected chi connectivity index (χ3v) is 5.59. The van der Waals surface area contributed by atoms with Crippen molar-refractivity contribution in [3.63, 3.8) is 0 Å². The minimum Gasteiger partial charge on any atom is -0.294 e. The fraction of sp³-hybridized carbons (Fsp3) is 0.375.